The van der Waals surface area contributed by atoms with Crippen molar-refractivity contribution in [2.45, 2.75) is 0 Å². The number of hydrogen-bond acceptors (Lipinski definition) is 2. The van der Waals surface area contributed by atoms with E-state index in [2.05, 4.69) is 204 Å². The molecule has 0 unspecified atom stereocenters. The lowest BCUT2D eigenvalue weighted by Crippen LogP contribution is -2.10. The summed E-state index contributed by atoms with van der Waals surface area (Å²) in [5, 5.41) is 5.19. The van der Waals surface area contributed by atoms with Gasteiger partial charge in [0.05, 0.1) is 11.0 Å². The fourth-order valence-corrected chi connectivity index (χ4v) is 8.66. The molecular weight excluding hydrogens is 637 g/mol. The topological polar surface area (TPSA) is 8.17 Å². The van der Waals surface area contributed by atoms with Crippen molar-refractivity contribution in [1.82, 2.24) is 4.57 Å². The van der Waals surface area contributed by atoms with Gasteiger partial charge in [-0.05, 0) is 95.1 Å². The Morgan fingerprint density at radius 2 is 0.824 bits per heavy atom. The van der Waals surface area contributed by atoms with E-state index in [1.54, 1.807) is 0 Å². The summed E-state index contributed by atoms with van der Waals surface area (Å²) in [7, 11) is 0. The molecule has 8 aromatic carbocycles. The van der Waals surface area contributed by atoms with E-state index in [-0.39, 0.29) is 0 Å². The Hall–Kier alpha value is -6.42. The van der Waals surface area contributed by atoms with Crippen LogP contribution < -0.4 is 4.90 Å². The Morgan fingerprint density at radius 1 is 0.333 bits per heavy atom. The third-order valence-corrected chi connectivity index (χ3v) is 11.1. The van der Waals surface area contributed by atoms with Crippen LogP contribution in [0.3, 0.4) is 0 Å². The van der Waals surface area contributed by atoms with E-state index in [1.165, 1.54) is 64.2 Å². The van der Waals surface area contributed by atoms with Gasteiger partial charge in [0.15, 0.2) is 0 Å². The summed E-state index contributed by atoms with van der Waals surface area (Å²) in [6, 6.07) is 70.3. The third-order valence-electron chi connectivity index (χ3n) is 10.0. The van der Waals surface area contributed by atoms with E-state index in [9.17, 15) is 0 Å². The van der Waals surface area contributed by atoms with Crippen molar-refractivity contribution in [2.24, 2.45) is 0 Å². The Bertz CT molecular complexity index is 2730. The molecule has 0 radical (unpaired) electrons. The molecule has 10 rings (SSSR count). The lowest BCUT2D eigenvalue weighted by atomic mass is 10.0. The summed E-state index contributed by atoms with van der Waals surface area (Å²) < 4.78 is 5.08. The summed E-state index contributed by atoms with van der Waals surface area (Å²) in [4.78, 5) is 2.35. The number of rotatable bonds is 6. The zero-order chi connectivity index (χ0) is 33.7. The lowest BCUT2D eigenvalue weighted by Gasteiger charge is -2.26. The number of para-hydroxylation sites is 1. The predicted molar refractivity (Wildman–Crippen MR) is 219 cm³/mol. The summed E-state index contributed by atoms with van der Waals surface area (Å²) in [5.41, 5.74) is 11.7. The van der Waals surface area contributed by atoms with E-state index >= 15 is 0 Å². The molecular formula is C48H32N2S. The maximum Gasteiger partial charge on any atom is 0.0548 e. The van der Waals surface area contributed by atoms with Crippen molar-refractivity contribution in [1.29, 1.82) is 0 Å². The van der Waals surface area contributed by atoms with Gasteiger partial charge in [0, 0.05) is 53.7 Å². The van der Waals surface area contributed by atoms with Crippen LogP contribution in [0.1, 0.15) is 0 Å². The van der Waals surface area contributed by atoms with Crippen LogP contribution in [0.5, 0.6) is 0 Å². The maximum atomic E-state index is 2.42. The Morgan fingerprint density at radius 3 is 1.43 bits per heavy atom. The smallest absolute Gasteiger partial charge is 0.0548 e. The molecule has 0 saturated heterocycles. The van der Waals surface area contributed by atoms with Crippen molar-refractivity contribution in [3.05, 3.63) is 194 Å². The van der Waals surface area contributed by atoms with Crippen molar-refractivity contribution in [2.75, 3.05) is 4.90 Å². The third kappa shape index (κ3) is 5.10. The first-order valence-electron chi connectivity index (χ1n) is 17.3. The van der Waals surface area contributed by atoms with E-state index in [4.69, 9.17) is 0 Å². The number of hydrogen-bond donors (Lipinski definition) is 0. The van der Waals surface area contributed by atoms with E-state index in [0.29, 0.717) is 0 Å². The minimum absolute atomic E-state index is 1.10. The molecule has 0 fully saturated rings. The highest BCUT2D eigenvalue weighted by atomic mass is 32.1. The fourth-order valence-electron chi connectivity index (χ4n) is 7.53. The molecule has 0 amide bonds. The molecule has 0 aliphatic heterocycles. The molecule has 240 valence electrons. The zero-order valence-electron chi connectivity index (χ0n) is 27.8. The summed E-state index contributed by atoms with van der Waals surface area (Å²) in [6.07, 6.45) is 0. The minimum atomic E-state index is 1.10. The van der Waals surface area contributed by atoms with Gasteiger partial charge in [0.1, 0.15) is 0 Å². The highest BCUT2D eigenvalue weighted by molar-refractivity contribution is 7.25. The van der Waals surface area contributed by atoms with Crippen LogP contribution in [-0.2, 0) is 0 Å². The maximum absolute atomic E-state index is 2.42. The second-order valence-corrected chi connectivity index (χ2v) is 14.1. The molecule has 2 heterocycles. The van der Waals surface area contributed by atoms with Gasteiger partial charge in [0.2, 0.25) is 0 Å². The Balaban J connectivity index is 1.10. The molecule has 10 aromatic rings. The fraction of sp³-hybridized carbons (Fsp3) is 0. The number of anilines is 3. The van der Waals surface area contributed by atoms with Gasteiger partial charge < -0.3 is 9.47 Å². The van der Waals surface area contributed by atoms with Crippen LogP contribution in [0.4, 0.5) is 17.1 Å². The van der Waals surface area contributed by atoms with Gasteiger partial charge in [-0.1, -0.05) is 121 Å². The second-order valence-electron chi connectivity index (χ2n) is 13.0. The number of aromatic nitrogens is 1. The van der Waals surface area contributed by atoms with E-state index in [0.717, 1.165) is 22.7 Å². The van der Waals surface area contributed by atoms with Gasteiger partial charge in [-0.25, -0.2) is 0 Å². The van der Waals surface area contributed by atoms with Gasteiger partial charge in [-0.2, -0.15) is 0 Å². The van der Waals surface area contributed by atoms with Crippen molar-refractivity contribution >= 4 is 70.4 Å². The molecule has 0 spiro atoms. The minimum Gasteiger partial charge on any atom is -0.311 e. The molecule has 0 N–H and O–H groups in total. The van der Waals surface area contributed by atoms with Crippen LogP contribution >= 0.6 is 11.3 Å². The first-order valence-corrected chi connectivity index (χ1v) is 18.2. The molecule has 0 aliphatic rings. The number of thiophene rings is 1. The van der Waals surface area contributed by atoms with Crippen LogP contribution in [0, 0.1) is 0 Å². The SMILES string of the molecule is c1ccc(-c2ccc(N(c3ccc(-c4ccccc4)cc3)c3ccc(-n4c5ccccc5c5cc6sc7ccccc7c6cc54)cc3)cc2)cc1. The van der Waals surface area contributed by atoms with Crippen molar-refractivity contribution < 1.29 is 0 Å². The van der Waals surface area contributed by atoms with Gasteiger partial charge in [-0.3, -0.25) is 0 Å². The molecule has 2 nitrogen and oxygen atoms in total. The average Bonchev–Trinajstić information content (AvgIpc) is 3.73. The molecule has 0 saturated carbocycles. The summed E-state index contributed by atoms with van der Waals surface area (Å²) >= 11 is 1.88. The normalized spacial score (nSPS) is 11.5. The van der Waals surface area contributed by atoms with Crippen LogP contribution in [0.15, 0.2) is 194 Å². The summed E-state index contributed by atoms with van der Waals surface area (Å²) in [5.74, 6) is 0. The highest BCUT2D eigenvalue weighted by Crippen LogP contribution is 2.42. The average molecular weight is 669 g/mol. The summed E-state index contributed by atoms with van der Waals surface area (Å²) in [6.45, 7) is 0. The van der Waals surface area contributed by atoms with E-state index < -0.39 is 0 Å². The largest absolute Gasteiger partial charge is 0.311 e. The monoisotopic (exact) mass is 668 g/mol. The predicted octanol–water partition coefficient (Wildman–Crippen LogP) is 14.0. The number of nitrogens with zero attached hydrogens (tertiary/aromatic N) is 2. The van der Waals surface area contributed by atoms with Crippen LogP contribution in [-0.4, -0.2) is 4.57 Å². The van der Waals surface area contributed by atoms with Crippen molar-refractivity contribution in [3.8, 4) is 27.9 Å². The second kappa shape index (κ2) is 12.2. The van der Waals surface area contributed by atoms with Gasteiger partial charge in [-0.15, -0.1) is 11.3 Å². The molecule has 0 atom stereocenters. The standard InChI is InChI=1S/C48H32N2S/c1-3-11-33(12-4-1)35-19-23-37(24-20-35)49(38-25-21-36(22-26-38)34-13-5-2-6-14-34)39-27-29-40(30-28-39)50-45-17-9-7-15-41(45)43-32-48-44(31-46(43)50)42-16-8-10-18-47(42)51-48/h1-32H. The molecule has 2 aromatic heterocycles. The Labute approximate surface area is 300 Å². The molecule has 0 bridgehead atoms. The Kier molecular flexibility index (Phi) is 7.04. The van der Waals surface area contributed by atoms with Crippen molar-refractivity contribution in [3.63, 3.8) is 0 Å². The van der Waals surface area contributed by atoms with Crippen LogP contribution in [0.2, 0.25) is 0 Å². The van der Waals surface area contributed by atoms with E-state index in [1.807, 2.05) is 11.3 Å². The first-order chi connectivity index (χ1) is 25.3. The highest BCUT2D eigenvalue weighted by Gasteiger charge is 2.17. The molecule has 0 aliphatic carbocycles. The zero-order valence-corrected chi connectivity index (χ0v) is 28.6. The first kappa shape index (κ1) is 29.5. The number of benzene rings is 8. The molecule has 3 heteroatoms. The van der Waals surface area contributed by atoms with Gasteiger partial charge >= 0.3 is 0 Å². The van der Waals surface area contributed by atoms with Crippen LogP contribution in [0.25, 0.3) is 69.9 Å². The number of fused-ring (bicyclic) bond motifs is 6. The quantitative estimate of drug-likeness (QED) is 0.171. The lowest BCUT2D eigenvalue weighted by molar-refractivity contribution is 1.17. The molecule has 51 heavy (non-hydrogen) atoms. The van der Waals surface area contributed by atoms with Gasteiger partial charge in [0.25, 0.3) is 0 Å².